The van der Waals surface area contributed by atoms with E-state index in [-0.39, 0.29) is 16.0 Å². The van der Waals surface area contributed by atoms with Crippen LogP contribution in [0, 0.1) is 11.6 Å². The standard InChI is InChI=1S/C21H16F2N4O3S2/c1-2-31-20-25-18-17(32-20)19(29)27(13-6-4-3-5-7-13)21(30)26(18)11-16(28)24-15-10-12(22)8-9-14(15)23/h3-10H,2,11H2,1H3,(H,24,28). The Morgan fingerprint density at radius 1 is 1.16 bits per heavy atom. The molecule has 0 bridgehead atoms. The van der Waals surface area contributed by atoms with Gasteiger partial charge in [-0.15, -0.1) is 11.3 Å². The lowest BCUT2D eigenvalue weighted by molar-refractivity contribution is -0.116. The Hall–Kier alpha value is -3.31. The van der Waals surface area contributed by atoms with Gasteiger partial charge >= 0.3 is 5.69 Å². The van der Waals surface area contributed by atoms with Gasteiger partial charge in [-0.25, -0.2) is 23.1 Å². The predicted molar refractivity (Wildman–Crippen MR) is 121 cm³/mol. The van der Waals surface area contributed by atoms with Crippen molar-refractivity contribution in [3.8, 4) is 5.69 Å². The number of amides is 1. The quantitative estimate of drug-likeness (QED) is 0.431. The number of anilines is 1. The molecule has 1 amide bonds. The first kappa shape index (κ1) is 21.9. The van der Waals surface area contributed by atoms with E-state index in [9.17, 15) is 23.2 Å². The summed E-state index contributed by atoms with van der Waals surface area (Å²) >= 11 is 2.54. The highest BCUT2D eigenvalue weighted by atomic mass is 32.2. The Bertz CT molecular complexity index is 1430. The van der Waals surface area contributed by atoms with Gasteiger partial charge in [0, 0.05) is 6.07 Å². The van der Waals surface area contributed by atoms with Gasteiger partial charge in [0.25, 0.3) is 5.56 Å². The molecule has 32 heavy (non-hydrogen) atoms. The average molecular weight is 475 g/mol. The summed E-state index contributed by atoms with van der Waals surface area (Å²) < 4.78 is 30.2. The molecule has 2 aromatic carbocycles. The van der Waals surface area contributed by atoms with Gasteiger partial charge in [0.15, 0.2) is 9.99 Å². The first-order valence-corrected chi connectivity index (χ1v) is 11.3. The van der Waals surface area contributed by atoms with Crippen LogP contribution in [0.4, 0.5) is 14.5 Å². The van der Waals surface area contributed by atoms with E-state index in [1.54, 1.807) is 30.3 Å². The predicted octanol–water partition coefficient (Wildman–Crippen LogP) is 3.64. The minimum atomic E-state index is -0.818. The van der Waals surface area contributed by atoms with Crippen molar-refractivity contribution in [2.24, 2.45) is 0 Å². The molecule has 0 aliphatic carbocycles. The van der Waals surface area contributed by atoms with Crippen molar-refractivity contribution in [3.63, 3.8) is 0 Å². The molecule has 4 aromatic rings. The summed E-state index contributed by atoms with van der Waals surface area (Å²) in [5, 5.41) is 2.27. The molecule has 0 unspecified atom stereocenters. The number of hydrogen-bond donors (Lipinski definition) is 1. The van der Waals surface area contributed by atoms with Crippen molar-refractivity contribution >= 4 is 45.0 Å². The van der Waals surface area contributed by atoms with Gasteiger partial charge < -0.3 is 5.32 Å². The molecule has 11 heteroatoms. The summed E-state index contributed by atoms with van der Waals surface area (Å²) in [5.74, 6) is -1.61. The van der Waals surface area contributed by atoms with Gasteiger partial charge in [0.05, 0.1) is 11.4 Å². The fraction of sp³-hybridized carbons (Fsp3) is 0.143. The summed E-state index contributed by atoms with van der Waals surface area (Å²) in [6, 6.07) is 11.0. The third-order valence-corrected chi connectivity index (χ3v) is 6.51. The molecular formula is C21H16F2N4O3S2. The number of carbonyl (C=O) groups is 1. The molecule has 0 saturated heterocycles. The lowest BCUT2D eigenvalue weighted by atomic mass is 10.3. The third kappa shape index (κ3) is 4.21. The maximum Gasteiger partial charge on any atom is 0.337 e. The van der Waals surface area contributed by atoms with Gasteiger partial charge in [-0.1, -0.05) is 36.9 Å². The van der Waals surface area contributed by atoms with Crippen molar-refractivity contribution in [2.75, 3.05) is 11.1 Å². The van der Waals surface area contributed by atoms with Gasteiger partial charge in [-0.3, -0.25) is 14.2 Å². The number of aromatic nitrogens is 3. The molecule has 0 aliphatic rings. The minimum absolute atomic E-state index is 0.0722. The fourth-order valence-corrected chi connectivity index (χ4v) is 5.04. The van der Waals surface area contributed by atoms with E-state index in [0.717, 1.165) is 38.7 Å². The number of halogens is 2. The van der Waals surface area contributed by atoms with Crippen LogP contribution in [-0.4, -0.2) is 25.8 Å². The molecular weight excluding hydrogens is 458 g/mol. The Morgan fingerprint density at radius 2 is 1.91 bits per heavy atom. The number of thiazole rings is 1. The number of para-hydroxylation sites is 1. The van der Waals surface area contributed by atoms with E-state index < -0.39 is 35.3 Å². The Kier molecular flexibility index (Phi) is 6.19. The summed E-state index contributed by atoms with van der Waals surface area (Å²) in [7, 11) is 0. The van der Waals surface area contributed by atoms with Crippen LogP contribution in [-0.2, 0) is 11.3 Å². The monoisotopic (exact) mass is 474 g/mol. The Morgan fingerprint density at radius 3 is 2.62 bits per heavy atom. The molecule has 0 radical (unpaired) electrons. The molecule has 0 saturated carbocycles. The topological polar surface area (TPSA) is 86.0 Å². The van der Waals surface area contributed by atoms with Crippen LogP contribution >= 0.6 is 23.1 Å². The number of nitrogens with one attached hydrogen (secondary N) is 1. The van der Waals surface area contributed by atoms with Crippen molar-refractivity contribution in [1.82, 2.24) is 14.1 Å². The minimum Gasteiger partial charge on any atom is -0.322 e. The summed E-state index contributed by atoms with van der Waals surface area (Å²) in [6.07, 6.45) is 0. The van der Waals surface area contributed by atoms with Crippen LogP contribution in [0.25, 0.3) is 16.0 Å². The second-order valence-electron chi connectivity index (χ2n) is 6.58. The first-order chi connectivity index (χ1) is 15.4. The zero-order chi connectivity index (χ0) is 22.8. The molecule has 0 atom stereocenters. The molecule has 2 aromatic heterocycles. The molecule has 7 nitrogen and oxygen atoms in total. The fourth-order valence-electron chi connectivity index (χ4n) is 3.07. The maximum atomic E-state index is 13.9. The van der Waals surface area contributed by atoms with E-state index in [0.29, 0.717) is 15.8 Å². The molecule has 2 heterocycles. The second kappa shape index (κ2) is 9.05. The van der Waals surface area contributed by atoms with E-state index in [1.165, 1.54) is 11.8 Å². The lowest BCUT2D eigenvalue weighted by Crippen LogP contribution is -2.40. The van der Waals surface area contributed by atoms with Gasteiger partial charge in [0.1, 0.15) is 22.9 Å². The highest BCUT2D eigenvalue weighted by molar-refractivity contribution is 8.01. The number of benzene rings is 2. The highest BCUT2D eigenvalue weighted by Crippen LogP contribution is 2.27. The van der Waals surface area contributed by atoms with Crippen LogP contribution in [0.2, 0.25) is 0 Å². The zero-order valence-electron chi connectivity index (χ0n) is 16.7. The highest BCUT2D eigenvalue weighted by Gasteiger charge is 2.21. The van der Waals surface area contributed by atoms with E-state index >= 15 is 0 Å². The number of fused-ring (bicyclic) bond motifs is 1. The van der Waals surface area contributed by atoms with E-state index in [4.69, 9.17) is 0 Å². The first-order valence-electron chi connectivity index (χ1n) is 9.48. The number of nitrogens with zero attached hydrogens (tertiary/aromatic N) is 3. The molecule has 164 valence electrons. The van der Waals surface area contributed by atoms with Gasteiger partial charge in [0.2, 0.25) is 5.91 Å². The zero-order valence-corrected chi connectivity index (χ0v) is 18.3. The summed E-state index contributed by atoms with van der Waals surface area (Å²) in [6.45, 7) is 1.38. The molecule has 1 N–H and O–H groups in total. The van der Waals surface area contributed by atoms with E-state index in [1.807, 2.05) is 6.92 Å². The van der Waals surface area contributed by atoms with Crippen molar-refractivity contribution in [2.45, 2.75) is 17.8 Å². The summed E-state index contributed by atoms with van der Waals surface area (Å²) in [5.41, 5.74) is -1.24. The van der Waals surface area contributed by atoms with E-state index in [2.05, 4.69) is 10.3 Å². The summed E-state index contributed by atoms with van der Waals surface area (Å²) in [4.78, 5) is 43.3. The van der Waals surface area contributed by atoms with Crippen molar-refractivity contribution in [1.29, 1.82) is 0 Å². The molecule has 0 aliphatic heterocycles. The van der Waals surface area contributed by atoms with Crippen molar-refractivity contribution in [3.05, 3.63) is 81.0 Å². The number of rotatable bonds is 6. The maximum absolute atomic E-state index is 13.9. The second-order valence-corrected chi connectivity index (χ2v) is 9.09. The normalized spacial score (nSPS) is 11.1. The number of thioether (sulfide) groups is 1. The van der Waals surface area contributed by atoms with Crippen LogP contribution < -0.4 is 16.6 Å². The average Bonchev–Trinajstić information content (AvgIpc) is 3.19. The molecule has 0 fully saturated rings. The lowest BCUT2D eigenvalue weighted by Gasteiger charge is -2.12. The Labute approximate surface area is 188 Å². The van der Waals surface area contributed by atoms with Crippen LogP contribution in [0.5, 0.6) is 0 Å². The van der Waals surface area contributed by atoms with Gasteiger partial charge in [-0.05, 0) is 30.0 Å². The number of hydrogen-bond acceptors (Lipinski definition) is 6. The van der Waals surface area contributed by atoms with Gasteiger partial charge in [-0.2, -0.15) is 0 Å². The smallest absolute Gasteiger partial charge is 0.322 e. The Balaban J connectivity index is 1.83. The largest absolute Gasteiger partial charge is 0.337 e. The molecule has 0 spiro atoms. The molecule has 4 rings (SSSR count). The van der Waals surface area contributed by atoms with Crippen LogP contribution in [0.3, 0.4) is 0 Å². The van der Waals surface area contributed by atoms with Crippen LogP contribution in [0.1, 0.15) is 6.92 Å². The van der Waals surface area contributed by atoms with Crippen molar-refractivity contribution < 1.29 is 13.6 Å². The van der Waals surface area contributed by atoms with Crippen LogP contribution in [0.15, 0.2) is 62.5 Å². The third-order valence-electron chi connectivity index (χ3n) is 4.45. The SMILES string of the molecule is CCSc1nc2c(s1)c(=O)n(-c1ccccc1)c(=O)n2CC(=O)Nc1cc(F)ccc1F. The number of carbonyl (C=O) groups excluding carboxylic acids is 1.